The van der Waals surface area contributed by atoms with Gasteiger partial charge in [0.05, 0.1) is 12.1 Å². The lowest BCUT2D eigenvalue weighted by Crippen LogP contribution is -2.45. The highest BCUT2D eigenvalue weighted by Crippen LogP contribution is 2.37. The molecule has 2 aliphatic heterocycles. The van der Waals surface area contributed by atoms with Crippen molar-refractivity contribution in [2.24, 2.45) is 0 Å². The van der Waals surface area contributed by atoms with Crippen LogP contribution >= 0.6 is 11.8 Å². The zero-order valence-corrected chi connectivity index (χ0v) is 14.1. The highest BCUT2D eigenvalue weighted by atomic mass is 32.2. The Labute approximate surface area is 140 Å². The Morgan fingerprint density at radius 1 is 1.57 bits per heavy atom. The summed E-state index contributed by atoms with van der Waals surface area (Å²) >= 11 is 1.90. The van der Waals surface area contributed by atoms with Gasteiger partial charge in [-0.3, -0.25) is 0 Å². The number of carbonyl (C=O) groups is 1. The Kier molecular flexibility index (Phi) is 4.82. The van der Waals surface area contributed by atoms with Gasteiger partial charge in [0.15, 0.2) is 0 Å². The summed E-state index contributed by atoms with van der Waals surface area (Å²) in [5.74, 6) is 0.819. The van der Waals surface area contributed by atoms with Crippen molar-refractivity contribution in [3.05, 3.63) is 35.6 Å². The van der Waals surface area contributed by atoms with Crippen molar-refractivity contribution in [3.63, 3.8) is 0 Å². The first-order chi connectivity index (χ1) is 11.0. The molecule has 6 heteroatoms. The SMILES string of the molecule is C[C@]1(CNC(=O)N2C[C@@H](O)C[C@H]2c2cccc(F)c2)CCCS1. The molecule has 4 nitrogen and oxygen atoms in total. The molecular weight excluding hydrogens is 315 g/mol. The van der Waals surface area contributed by atoms with Crippen LogP contribution in [0, 0.1) is 5.82 Å². The molecule has 0 aliphatic carbocycles. The van der Waals surface area contributed by atoms with E-state index in [0.717, 1.165) is 17.7 Å². The second-order valence-corrected chi connectivity index (χ2v) is 8.36. The zero-order chi connectivity index (χ0) is 16.4. The quantitative estimate of drug-likeness (QED) is 0.891. The molecule has 3 atom stereocenters. The van der Waals surface area contributed by atoms with E-state index in [1.165, 1.54) is 18.6 Å². The lowest BCUT2D eigenvalue weighted by atomic mass is 10.0. The predicted molar refractivity (Wildman–Crippen MR) is 90.0 cm³/mol. The number of aliphatic hydroxyl groups excluding tert-OH is 1. The fourth-order valence-electron chi connectivity index (χ4n) is 3.41. The largest absolute Gasteiger partial charge is 0.391 e. The van der Waals surface area contributed by atoms with E-state index < -0.39 is 6.10 Å². The molecular formula is C17H23FN2O2S. The highest BCUT2D eigenvalue weighted by molar-refractivity contribution is 8.00. The van der Waals surface area contributed by atoms with E-state index in [1.807, 2.05) is 11.8 Å². The van der Waals surface area contributed by atoms with E-state index in [-0.39, 0.29) is 29.2 Å². The molecule has 2 amide bonds. The minimum absolute atomic E-state index is 0.0996. The molecule has 2 heterocycles. The van der Waals surface area contributed by atoms with Crippen LogP contribution in [0.5, 0.6) is 0 Å². The third-order valence-electron chi connectivity index (χ3n) is 4.69. The smallest absolute Gasteiger partial charge is 0.318 e. The summed E-state index contributed by atoms with van der Waals surface area (Å²) in [5.41, 5.74) is 0.734. The van der Waals surface area contributed by atoms with Crippen LogP contribution in [-0.2, 0) is 0 Å². The van der Waals surface area contributed by atoms with E-state index >= 15 is 0 Å². The van der Waals surface area contributed by atoms with Gasteiger partial charge in [-0.2, -0.15) is 11.8 Å². The van der Waals surface area contributed by atoms with Crippen LogP contribution in [0.15, 0.2) is 24.3 Å². The molecule has 0 saturated carbocycles. The number of likely N-dealkylation sites (tertiary alicyclic amines) is 1. The van der Waals surface area contributed by atoms with Crippen LogP contribution < -0.4 is 5.32 Å². The first kappa shape index (κ1) is 16.6. The Morgan fingerprint density at radius 3 is 3.09 bits per heavy atom. The Hall–Kier alpha value is -1.27. The van der Waals surface area contributed by atoms with Crippen LogP contribution in [0.25, 0.3) is 0 Å². The normalized spacial score (nSPS) is 30.7. The van der Waals surface area contributed by atoms with Gasteiger partial charge >= 0.3 is 6.03 Å². The third kappa shape index (κ3) is 3.80. The van der Waals surface area contributed by atoms with E-state index in [1.54, 1.807) is 17.0 Å². The van der Waals surface area contributed by atoms with Crippen LogP contribution in [-0.4, -0.2) is 45.7 Å². The first-order valence-corrected chi connectivity index (χ1v) is 9.07. The maximum atomic E-state index is 13.5. The van der Waals surface area contributed by atoms with Crippen molar-refractivity contribution in [1.82, 2.24) is 10.2 Å². The van der Waals surface area contributed by atoms with Gasteiger partial charge < -0.3 is 15.3 Å². The van der Waals surface area contributed by atoms with E-state index in [4.69, 9.17) is 0 Å². The number of nitrogens with one attached hydrogen (secondary N) is 1. The molecule has 23 heavy (non-hydrogen) atoms. The number of β-amino-alcohol motifs (C(OH)–C–C–N with tert-alkyl or cyclic N) is 1. The van der Waals surface area contributed by atoms with Gasteiger partial charge in [-0.1, -0.05) is 12.1 Å². The van der Waals surface area contributed by atoms with Crippen molar-refractivity contribution in [2.45, 2.75) is 43.1 Å². The van der Waals surface area contributed by atoms with Crippen LogP contribution in [0.1, 0.15) is 37.8 Å². The van der Waals surface area contributed by atoms with E-state index in [0.29, 0.717) is 13.0 Å². The molecule has 0 aromatic heterocycles. The predicted octanol–water partition coefficient (Wildman–Crippen LogP) is 2.93. The molecule has 0 radical (unpaired) electrons. The summed E-state index contributed by atoms with van der Waals surface area (Å²) in [7, 11) is 0. The van der Waals surface area contributed by atoms with Crippen LogP contribution in [0.4, 0.5) is 9.18 Å². The summed E-state index contributed by atoms with van der Waals surface area (Å²) in [4.78, 5) is 14.2. The molecule has 2 saturated heterocycles. The second-order valence-electron chi connectivity index (χ2n) is 6.67. The van der Waals surface area contributed by atoms with Gasteiger partial charge in [0.25, 0.3) is 0 Å². The number of carbonyl (C=O) groups excluding carboxylic acids is 1. The summed E-state index contributed by atoms with van der Waals surface area (Å²) in [6, 6.07) is 5.82. The molecule has 1 aromatic carbocycles. The number of halogens is 1. The summed E-state index contributed by atoms with van der Waals surface area (Å²) in [6.07, 6.45) is 2.17. The second kappa shape index (κ2) is 6.69. The van der Waals surface area contributed by atoms with Crippen molar-refractivity contribution in [1.29, 1.82) is 0 Å². The van der Waals surface area contributed by atoms with Crippen molar-refractivity contribution < 1.29 is 14.3 Å². The molecule has 2 fully saturated rings. The molecule has 0 bridgehead atoms. The molecule has 3 rings (SSSR count). The van der Waals surface area contributed by atoms with Crippen LogP contribution in [0.2, 0.25) is 0 Å². The van der Waals surface area contributed by atoms with E-state index in [9.17, 15) is 14.3 Å². The lowest BCUT2D eigenvalue weighted by Gasteiger charge is -2.28. The monoisotopic (exact) mass is 338 g/mol. The van der Waals surface area contributed by atoms with Gasteiger partial charge in [-0.05, 0) is 49.6 Å². The number of nitrogens with zero attached hydrogens (tertiary/aromatic N) is 1. The Bertz CT molecular complexity index is 577. The number of hydrogen-bond acceptors (Lipinski definition) is 3. The molecule has 0 spiro atoms. The molecule has 126 valence electrons. The standard InChI is InChI=1S/C17H23FN2O2S/c1-17(6-3-7-23-17)11-19-16(22)20-10-14(21)9-15(20)12-4-2-5-13(18)8-12/h2,4-5,8,14-15,21H,3,6-7,9-11H2,1H3,(H,19,22)/t14-,15-,17+/m0/s1. The molecule has 1 aromatic rings. The maximum absolute atomic E-state index is 13.5. The van der Waals surface area contributed by atoms with Crippen LogP contribution in [0.3, 0.4) is 0 Å². The average molecular weight is 338 g/mol. The summed E-state index contributed by atoms with van der Waals surface area (Å²) in [6.45, 7) is 3.09. The first-order valence-electron chi connectivity index (χ1n) is 8.09. The van der Waals surface area contributed by atoms with Gasteiger partial charge in [0.2, 0.25) is 0 Å². The van der Waals surface area contributed by atoms with Gasteiger partial charge in [-0.15, -0.1) is 0 Å². The van der Waals surface area contributed by atoms with Crippen molar-refractivity contribution in [3.8, 4) is 0 Å². The molecule has 0 unspecified atom stereocenters. The molecule has 2 N–H and O–H groups in total. The van der Waals surface area contributed by atoms with Gasteiger partial charge in [0.1, 0.15) is 5.82 Å². The Morgan fingerprint density at radius 2 is 2.39 bits per heavy atom. The number of aliphatic hydroxyl groups is 1. The minimum atomic E-state index is -0.564. The minimum Gasteiger partial charge on any atom is -0.391 e. The van der Waals surface area contributed by atoms with Crippen molar-refractivity contribution in [2.75, 3.05) is 18.8 Å². The number of thioether (sulfide) groups is 1. The maximum Gasteiger partial charge on any atom is 0.318 e. The third-order valence-corrected chi connectivity index (χ3v) is 6.23. The number of urea groups is 1. The molecule has 2 aliphatic rings. The number of amides is 2. The summed E-state index contributed by atoms with van der Waals surface area (Å²) < 4.78 is 13.6. The summed E-state index contributed by atoms with van der Waals surface area (Å²) in [5, 5.41) is 13.0. The number of rotatable bonds is 3. The average Bonchev–Trinajstić information content (AvgIpc) is 3.12. The fourth-order valence-corrected chi connectivity index (χ4v) is 4.65. The zero-order valence-electron chi connectivity index (χ0n) is 13.3. The number of benzene rings is 1. The van der Waals surface area contributed by atoms with Gasteiger partial charge in [-0.25, -0.2) is 9.18 Å². The topological polar surface area (TPSA) is 52.6 Å². The van der Waals surface area contributed by atoms with Gasteiger partial charge in [0, 0.05) is 17.8 Å². The highest BCUT2D eigenvalue weighted by Gasteiger charge is 2.37. The fraction of sp³-hybridized carbons (Fsp3) is 0.588. The number of hydrogen-bond donors (Lipinski definition) is 2. The Balaban J connectivity index is 1.68. The van der Waals surface area contributed by atoms with E-state index in [2.05, 4.69) is 12.2 Å². The lowest BCUT2D eigenvalue weighted by molar-refractivity contribution is 0.169. The van der Waals surface area contributed by atoms with Crippen molar-refractivity contribution >= 4 is 17.8 Å².